The minimum atomic E-state index is -1.28. The number of aromatic nitrogens is 6. The Morgan fingerprint density at radius 2 is 2.03 bits per heavy atom. The number of hydrogen-bond donors (Lipinski definition) is 3. The molecule has 0 radical (unpaired) electrons. The molecule has 10 nitrogen and oxygen atoms in total. The molecule has 1 fully saturated rings. The largest absolute Gasteiger partial charge is 0.383 e. The molecule has 6 rings (SSSR count). The van der Waals surface area contributed by atoms with Crippen molar-refractivity contribution in [3.63, 3.8) is 0 Å². The Hall–Kier alpha value is -3.79. The molecule has 1 atom stereocenters. The first kappa shape index (κ1) is 21.7. The highest BCUT2D eigenvalue weighted by atomic mass is 35.5. The summed E-state index contributed by atoms with van der Waals surface area (Å²) < 4.78 is 1.92. The van der Waals surface area contributed by atoms with Crippen molar-refractivity contribution in [1.82, 2.24) is 29.3 Å². The summed E-state index contributed by atoms with van der Waals surface area (Å²) in [6.07, 6.45) is 12.5. The fraction of sp³-hybridized carbons (Fsp3) is 0.333. The van der Waals surface area contributed by atoms with Crippen LogP contribution in [0.2, 0.25) is 5.02 Å². The fourth-order valence-corrected chi connectivity index (χ4v) is 5.36. The third kappa shape index (κ3) is 3.39. The molecule has 1 aliphatic carbocycles. The van der Waals surface area contributed by atoms with E-state index in [1.807, 2.05) is 16.8 Å². The summed E-state index contributed by atoms with van der Waals surface area (Å²) in [6, 6.07) is 1.30. The van der Waals surface area contributed by atoms with Crippen molar-refractivity contribution in [1.29, 1.82) is 0 Å². The van der Waals surface area contributed by atoms with Crippen LogP contribution >= 0.6 is 11.6 Å². The number of aromatic amines is 1. The Kier molecular flexibility index (Phi) is 4.89. The molecular weight excluding hydrogens is 468 g/mol. The zero-order valence-electron chi connectivity index (χ0n) is 19.0. The second kappa shape index (κ2) is 7.88. The summed E-state index contributed by atoms with van der Waals surface area (Å²) in [5, 5.41) is 2.84. The Balaban J connectivity index is 1.46. The normalized spacial score (nSPS) is 19.9. The van der Waals surface area contributed by atoms with E-state index in [1.165, 1.54) is 37.9 Å². The average molecular weight is 491 g/mol. The standard InChI is InChI=1S/C24H23ClN8O2/c1-24(17-9-16(34)13(25)10-28-17)18-19(26)30-20(31-21(18)32-23(24)35)15-11-33-7-6-27-22(33)14(29-15)8-12-4-2-3-5-12/h6-7,9-12H,2-5,8H2,1H3,(H,28,34)(H3,26,30,31,32,35)/t24-/m1/s1. The zero-order chi connectivity index (χ0) is 24.3. The average Bonchev–Trinajstić information content (AvgIpc) is 3.56. The van der Waals surface area contributed by atoms with Crippen molar-refractivity contribution in [3.8, 4) is 11.5 Å². The zero-order valence-corrected chi connectivity index (χ0v) is 19.8. The summed E-state index contributed by atoms with van der Waals surface area (Å²) >= 11 is 5.88. The number of nitrogens with two attached hydrogens (primary N) is 1. The summed E-state index contributed by atoms with van der Waals surface area (Å²) in [6.45, 7) is 1.67. The van der Waals surface area contributed by atoms with E-state index in [9.17, 15) is 9.59 Å². The number of fused-ring (bicyclic) bond motifs is 2. The van der Waals surface area contributed by atoms with Crippen LogP contribution in [0.3, 0.4) is 0 Å². The molecule has 0 saturated heterocycles. The maximum absolute atomic E-state index is 13.1. The maximum atomic E-state index is 13.1. The number of pyridine rings is 1. The van der Waals surface area contributed by atoms with Crippen LogP contribution in [0.4, 0.5) is 11.6 Å². The van der Waals surface area contributed by atoms with Gasteiger partial charge in [0.25, 0.3) is 0 Å². The van der Waals surface area contributed by atoms with Gasteiger partial charge in [-0.2, -0.15) is 0 Å². The van der Waals surface area contributed by atoms with Crippen LogP contribution in [0.5, 0.6) is 0 Å². The summed E-state index contributed by atoms with van der Waals surface area (Å²) in [5.41, 5.74) is 7.74. The summed E-state index contributed by atoms with van der Waals surface area (Å²) in [7, 11) is 0. The molecule has 5 heterocycles. The minimum absolute atomic E-state index is 0.0323. The number of nitrogens with zero attached hydrogens (tertiary/aromatic N) is 5. The van der Waals surface area contributed by atoms with Gasteiger partial charge in [-0.25, -0.2) is 19.9 Å². The number of carbonyl (C=O) groups is 1. The number of hydrogen-bond acceptors (Lipinski definition) is 7. The number of nitrogens with one attached hydrogen (secondary N) is 2. The van der Waals surface area contributed by atoms with Crippen molar-refractivity contribution in [3.05, 3.63) is 63.1 Å². The number of halogens is 1. The number of carbonyl (C=O) groups excluding carboxylic acids is 1. The highest BCUT2D eigenvalue weighted by molar-refractivity contribution is 6.30. The van der Waals surface area contributed by atoms with Gasteiger partial charge < -0.3 is 20.4 Å². The molecule has 2 aliphatic rings. The molecule has 4 N–H and O–H groups in total. The lowest BCUT2D eigenvalue weighted by Crippen LogP contribution is -2.34. The molecule has 0 aromatic carbocycles. The van der Waals surface area contributed by atoms with E-state index < -0.39 is 10.8 Å². The molecule has 1 amide bonds. The predicted molar refractivity (Wildman–Crippen MR) is 131 cm³/mol. The van der Waals surface area contributed by atoms with Gasteiger partial charge in [-0.15, -0.1) is 0 Å². The third-order valence-electron chi connectivity index (χ3n) is 7.16. The minimum Gasteiger partial charge on any atom is -0.383 e. The highest BCUT2D eigenvalue weighted by Crippen LogP contribution is 2.44. The lowest BCUT2D eigenvalue weighted by Gasteiger charge is -2.23. The quantitative estimate of drug-likeness (QED) is 0.398. The number of imidazole rings is 1. The maximum Gasteiger partial charge on any atom is 0.242 e. The van der Waals surface area contributed by atoms with Crippen molar-refractivity contribution in [2.24, 2.45) is 5.92 Å². The van der Waals surface area contributed by atoms with Crippen LogP contribution in [-0.4, -0.2) is 35.2 Å². The lowest BCUT2D eigenvalue weighted by atomic mass is 9.81. The molecule has 1 saturated carbocycles. The molecule has 1 aliphatic heterocycles. The monoisotopic (exact) mass is 490 g/mol. The van der Waals surface area contributed by atoms with E-state index >= 15 is 0 Å². The van der Waals surface area contributed by atoms with Gasteiger partial charge in [0.05, 0.1) is 11.3 Å². The highest BCUT2D eigenvalue weighted by Gasteiger charge is 2.48. The first-order valence-electron chi connectivity index (χ1n) is 11.6. The fourth-order valence-electron chi connectivity index (χ4n) is 5.25. The van der Waals surface area contributed by atoms with Gasteiger partial charge in [0, 0.05) is 36.5 Å². The summed E-state index contributed by atoms with van der Waals surface area (Å²) in [4.78, 5) is 46.7. The van der Waals surface area contributed by atoms with Crippen molar-refractivity contribution >= 4 is 34.8 Å². The number of amides is 1. The topological polar surface area (TPSA) is 144 Å². The Labute approximate surface area is 205 Å². The first-order valence-corrected chi connectivity index (χ1v) is 11.9. The van der Waals surface area contributed by atoms with Gasteiger partial charge in [-0.3, -0.25) is 9.59 Å². The van der Waals surface area contributed by atoms with E-state index in [1.54, 1.807) is 13.1 Å². The number of anilines is 2. The molecule has 178 valence electrons. The van der Waals surface area contributed by atoms with Crippen molar-refractivity contribution in [2.75, 3.05) is 11.1 Å². The van der Waals surface area contributed by atoms with Gasteiger partial charge in [-0.05, 0) is 19.3 Å². The smallest absolute Gasteiger partial charge is 0.242 e. The van der Waals surface area contributed by atoms with Crippen LogP contribution in [0, 0.1) is 5.92 Å². The van der Waals surface area contributed by atoms with Gasteiger partial charge in [0.2, 0.25) is 5.91 Å². The third-order valence-corrected chi connectivity index (χ3v) is 7.45. The molecule has 4 aromatic rings. The first-order chi connectivity index (χ1) is 16.8. The van der Waals surface area contributed by atoms with Gasteiger partial charge >= 0.3 is 0 Å². The van der Waals surface area contributed by atoms with Crippen molar-refractivity contribution in [2.45, 2.75) is 44.4 Å². The van der Waals surface area contributed by atoms with E-state index in [0.717, 1.165) is 17.8 Å². The number of nitrogen functional groups attached to an aromatic ring is 1. The second-order valence-electron chi connectivity index (χ2n) is 9.38. The Morgan fingerprint density at radius 1 is 1.23 bits per heavy atom. The van der Waals surface area contributed by atoms with Gasteiger partial charge in [-0.1, -0.05) is 37.3 Å². The van der Waals surface area contributed by atoms with Crippen LogP contribution < -0.4 is 16.5 Å². The van der Waals surface area contributed by atoms with Crippen LogP contribution in [0.1, 0.15) is 49.6 Å². The van der Waals surface area contributed by atoms with E-state index in [0.29, 0.717) is 34.5 Å². The Bertz CT molecular complexity index is 1560. The van der Waals surface area contributed by atoms with Crippen LogP contribution in [0.25, 0.3) is 17.2 Å². The molecular formula is C24H23ClN8O2. The predicted octanol–water partition coefficient (Wildman–Crippen LogP) is 3.10. The molecule has 0 spiro atoms. The molecule has 0 bridgehead atoms. The van der Waals surface area contributed by atoms with E-state index in [4.69, 9.17) is 22.3 Å². The number of rotatable bonds is 4. The molecule has 11 heteroatoms. The molecule has 4 aromatic heterocycles. The second-order valence-corrected chi connectivity index (χ2v) is 9.79. The Morgan fingerprint density at radius 3 is 2.80 bits per heavy atom. The number of H-pyrrole nitrogens is 1. The summed E-state index contributed by atoms with van der Waals surface area (Å²) in [5.74, 6) is 0.945. The van der Waals surface area contributed by atoms with Gasteiger partial charge in [0.1, 0.15) is 27.8 Å². The van der Waals surface area contributed by atoms with E-state index in [-0.39, 0.29) is 16.7 Å². The van der Waals surface area contributed by atoms with Crippen LogP contribution in [-0.2, 0) is 16.6 Å². The van der Waals surface area contributed by atoms with Crippen molar-refractivity contribution < 1.29 is 4.79 Å². The van der Waals surface area contributed by atoms with E-state index in [2.05, 4.69) is 25.3 Å². The van der Waals surface area contributed by atoms with Gasteiger partial charge in [0.15, 0.2) is 16.9 Å². The molecule has 0 unspecified atom stereocenters. The lowest BCUT2D eigenvalue weighted by molar-refractivity contribution is -0.119. The molecule has 35 heavy (non-hydrogen) atoms. The SMILES string of the molecule is C[C@]1(c2cc(=O)c(Cl)c[nH]2)C(=O)Nc2nc(-c3cn4ccnc4c(CC4CCCC4)n3)nc(N)c21. The van der Waals surface area contributed by atoms with Crippen LogP contribution in [0.15, 0.2) is 35.6 Å².